The van der Waals surface area contributed by atoms with Gasteiger partial charge in [-0.15, -0.1) is 0 Å². The predicted octanol–water partition coefficient (Wildman–Crippen LogP) is 5.48. The summed E-state index contributed by atoms with van der Waals surface area (Å²) in [5.74, 6) is 0.0111. The van der Waals surface area contributed by atoms with E-state index in [-0.39, 0.29) is 29.2 Å². The third kappa shape index (κ3) is 3.48. The Morgan fingerprint density at radius 2 is 1.94 bits per heavy atom. The van der Waals surface area contributed by atoms with Gasteiger partial charge in [-0.2, -0.15) is 0 Å². The Hall–Kier alpha value is -2.83. The molecule has 1 N–H and O–H groups in total. The van der Waals surface area contributed by atoms with E-state index in [1.807, 2.05) is 53.6 Å². The molecule has 0 aliphatic carbocycles. The molecule has 0 radical (unpaired) electrons. The normalized spacial score (nSPS) is 18.2. The molecule has 4 aromatic rings. The van der Waals surface area contributed by atoms with Gasteiger partial charge in [-0.1, -0.05) is 59.3 Å². The first-order valence-electron chi connectivity index (χ1n) is 10.7. The SMILES string of the molecule is Cc1csc(=O)n1CCC(=O)N1CC(c2ccccc2Cl)c2c([nH]c3ccccc23)C1C. The molecular formula is C25H24ClN3O2S. The largest absolute Gasteiger partial charge is 0.356 e. The van der Waals surface area contributed by atoms with E-state index in [1.165, 1.54) is 22.3 Å². The smallest absolute Gasteiger partial charge is 0.307 e. The summed E-state index contributed by atoms with van der Waals surface area (Å²) >= 11 is 7.79. The van der Waals surface area contributed by atoms with Crippen molar-refractivity contribution in [2.45, 2.75) is 38.8 Å². The zero-order chi connectivity index (χ0) is 22.4. The topological polar surface area (TPSA) is 58.1 Å². The van der Waals surface area contributed by atoms with Crippen LogP contribution in [0.5, 0.6) is 0 Å². The van der Waals surface area contributed by atoms with Crippen molar-refractivity contribution < 1.29 is 4.79 Å². The Morgan fingerprint density at radius 1 is 1.19 bits per heavy atom. The Balaban J connectivity index is 1.54. The van der Waals surface area contributed by atoms with E-state index in [0.29, 0.717) is 18.1 Å². The number of hydrogen-bond acceptors (Lipinski definition) is 3. The minimum absolute atomic E-state index is 0.0196. The molecule has 1 amide bonds. The summed E-state index contributed by atoms with van der Waals surface area (Å²) in [5, 5.41) is 3.71. The summed E-state index contributed by atoms with van der Waals surface area (Å²) < 4.78 is 1.68. The molecule has 7 heteroatoms. The maximum absolute atomic E-state index is 13.4. The molecule has 0 saturated carbocycles. The predicted molar refractivity (Wildman–Crippen MR) is 130 cm³/mol. The van der Waals surface area contributed by atoms with E-state index in [0.717, 1.165) is 22.5 Å². The Bertz CT molecular complexity index is 1370. The van der Waals surface area contributed by atoms with Crippen molar-refractivity contribution in [2.24, 2.45) is 0 Å². The number of halogens is 1. The number of aromatic nitrogens is 2. The van der Waals surface area contributed by atoms with Gasteiger partial charge in [0.2, 0.25) is 5.91 Å². The number of hydrogen-bond donors (Lipinski definition) is 1. The Labute approximate surface area is 195 Å². The van der Waals surface area contributed by atoms with Gasteiger partial charge < -0.3 is 14.5 Å². The van der Waals surface area contributed by atoms with Gasteiger partial charge in [-0.05, 0) is 37.1 Å². The van der Waals surface area contributed by atoms with E-state index >= 15 is 0 Å². The van der Waals surface area contributed by atoms with Crippen LogP contribution in [0.25, 0.3) is 10.9 Å². The second-order valence-corrected chi connectivity index (χ2v) is 9.57. The zero-order valence-electron chi connectivity index (χ0n) is 18.0. The summed E-state index contributed by atoms with van der Waals surface area (Å²) in [6, 6.07) is 16.0. The highest BCUT2D eigenvalue weighted by molar-refractivity contribution is 7.07. The van der Waals surface area contributed by atoms with Gasteiger partial charge in [0.05, 0.1) is 6.04 Å². The van der Waals surface area contributed by atoms with E-state index in [2.05, 4.69) is 24.0 Å². The summed E-state index contributed by atoms with van der Waals surface area (Å²) in [5.41, 5.74) is 5.26. The number of nitrogens with one attached hydrogen (secondary N) is 1. The number of para-hydroxylation sites is 1. The monoisotopic (exact) mass is 465 g/mol. The number of amides is 1. The molecule has 1 aliphatic rings. The molecule has 0 saturated heterocycles. The van der Waals surface area contributed by atoms with Crippen LogP contribution in [0.4, 0.5) is 0 Å². The number of benzene rings is 2. The fourth-order valence-corrected chi connectivity index (χ4v) is 5.87. The van der Waals surface area contributed by atoms with E-state index in [9.17, 15) is 9.59 Å². The number of carbonyl (C=O) groups excluding carboxylic acids is 1. The maximum atomic E-state index is 13.4. The second-order valence-electron chi connectivity index (χ2n) is 8.34. The molecule has 2 aromatic heterocycles. The Kier molecular flexibility index (Phi) is 5.43. The van der Waals surface area contributed by atoms with Crippen LogP contribution >= 0.6 is 22.9 Å². The van der Waals surface area contributed by atoms with Gasteiger partial charge in [-0.25, -0.2) is 0 Å². The van der Waals surface area contributed by atoms with Crippen molar-refractivity contribution in [3.63, 3.8) is 0 Å². The fourth-order valence-electron chi connectivity index (χ4n) is 4.85. The van der Waals surface area contributed by atoms with E-state index in [4.69, 9.17) is 11.6 Å². The molecule has 1 aliphatic heterocycles. The van der Waals surface area contributed by atoms with Gasteiger partial charge >= 0.3 is 4.87 Å². The van der Waals surface area contributed by atoms with Gasteiger partial charge in [0.15, 0.2) is 0 Å². The minimum Gasteiger partial charge on any atom is -0.356 e. The van der Waals surface area contributed by atoms with Crippen LogP contribution in [-0.2, 0) is 11.3 Å². The third-order valence-electron chi connectivity index (χ3n) is 6.52. The molecule has 5 rings (SSSR count). The van der Waals surface area contributed by atoms with Gasteiger partial charge in [0.1, 0.15) is 0 Å². The Morgan fingerprint density at radius 3 is 2.69 bits per heavy atom. The molecule has 3 heterocycles. The number of thiazole rings is 1. The standard InChI is InChI=1S/C25H24ClN3O2S/c1-15-14-32-25(31)28(15)12-11-22(30)29-13-19(17-7-3-5-9-20(17)26)23-18-8-4-6-10-21(18)27-24(23)16(29)2/h3-10,14,16,19,27H,11-13H2,1-2H3. The fraction of sp³-hybridized carbons (Fsp3) is 0.280. The van der Waals surface area contributed by atoms with Crippen molar-refractivity contribution in [1.29, 1.82) is 0 Å². The molecule has 0 fully saturated rings. The molecule has 2 aromatic carbocycles. The molecule has 5 nitrogen and oxygen atoms in total. The first-order valence-corrected chi connectivity index (χ1v) is 12.0. The first kappa shape index (κ1) is 21.0. The number of aryl methyl sites for hydroxylation is 1. The second kappa shape index (κ2) is 8.26. The molecule has 2 atom stereocenters. The van der Waals surface area contributed by atoms with Crippen LogP contribution in [0, 0.1) is 6.92 Å². The molecule has 0 bridgehead atoms. The first-order chi connectivity index (χ1) is 15.5. The lowest BCUT2D eigenvalue weighted by Gasteiger charge is -2.39. The van der Waals surface area contributed by atoms with Crippen molar-refractivity contribution >= 4 is 39.7 Å². The van der Waals surface area contributed by atoms with Crippen molar-refractivity contribution in [3.8, 4) is 0 Å². The van der Waals surface area contributed by atoms with Crippen LogP contribution in [0.2, 0.25) is 5.02 Å². The number of nitrogens with zero attached hydrogens (tertiary/aromatic N) is 2. The van der Waals surface area contributed by atoms with Crippen molar-refractivity contribution in [1.82, 2.24) is 14.5 Å². The van der Waals surface area contributed by atoms with Crippen LogP contribution in [0.1, 0.15) is 47.8 Å². The van der Waals surface area contributed by atoms with Gasteiger partial charge in [-0.3, -0.25) is 9.59 Å². The van der Waals surface area contributed by atoms with Gasteiger partial charge in [0.25, 0.3) is 0 Å². The lowest BCUT2D eigenvalue weighted by Crippen LogP contribution is -2.41. The highest BCUT2D eigenvalue weighted by Gasteiger charge is 2.37. The average Bonchev–Trinajstić information content (AvgIpc) is 3.33. The molecule has 0 spiro atoms. The zero-order valence-corrected chi connectivity index (χ0v) is 19.5. The molecule has 2 unspecified atom stereocenters. The van der Waals surface area contributed by atoms with Crippen LogP contribution < -0.4 is 4.87 Å². The molecule has 32 heavy (non-hydrogen) atoms. The summed E-state index contributed by atoms with van der Waals surface area (Å²) in [6.07, 6.45) is 0.284. The minimum atomic E-state index is -0.0936. The molecular weight excluding hydrogens is 442 g/mol. The number of aromatic amines is 1. The highest BCUT2D eigenvalue weighted by atomic mass is 35.5. The van der Waals surface area contributed by atoms with Crippen LogP contribution in [0.15, 0.2) is 58.7 Å². The number of fused-ring (bicyclic) bond motifs is 3. The van der Waals surface area contributed by atoms with E-state index in [1.54, 1.807) is 4.57 Å². The lowest BCUT2D eigenvalue weighted by molar-refractivity contribution is -0.134. The van der Waals surface area contributed by atoms with Crippen molar-refractivity contribution in [3.05, 3.63) is 91.1 Å². The average molecular weight is 466 g/mol. The third-order valence-corrected chi connectivity index (χ3v) is 7.74. The summed E-state index contributed by atoms with van der Waals surface area (Å²) in [6.45, 7) is 4.91. The quantitative estimate of drug-likeness (QED) is 0.434. The molecule has 164 valence electrons. The summed E-state index contributed by atoms with van der Waals surface area (Å²) in [4.78, 5) is 30.9. The summed E-state index contributed by atoms with van der Waals surface area (Å²) in [7, 11) is 0. The van der Waals surface area contributed by atoms with Crippen molar-refractivity contribution in [2.75, 3.05) is 6.54 Å². The van der Waals surface area contributed by atoms with E-state index < -0.39 is 0 Å². The van der Waals surface area contributed by atoms with Crippen LogP contribution in [0.3, 0.4) is 0 Å². The number of rotatable bonds is 4. The number of carbonyl (C=O) groups is 1. The van der Waals surface area contributed by atoms with Crippen LogP contribution in [-0.4, -0.2) is 26.9 Å². The maximum Gasteiger partial charge on any atom is 0.307 e. The lowest BCUT2D eigenvalue weighted by atomic mass is 9.83. The highest BCUT2D eigenvalue weighted by Crippen LogP contribution is 2.44. The van der Waals surface area contributed by atoms with Gasteiger partial charge in [0, 0.05) is 58.1 Å². The number of H-pyrrole nitrogens is 1.